The van der Waals surface area contributed by atoms with Gasteiger partial charge in [0.05, 0.1) is 11.3 Å². The van der Waals surface area contributed by atoms with Crippen molar-refractivity contribution in [3.05, 3.63) is 59.2 Å². The van der Waals surface area contributed by atoms with Crippen molar-refractivity contribution < 1.29 is 22.3 Å². The molecular weight excluding hydrogens is 288 g/mol. The molecule has 0 fully saturated rings. The van der Waals surface area contributed by atoms with Gasteiger partial charge in [-0.15, -0.1) is 0 Å². The summed E-state index contributed by atoms with van der Waals surface area (Å²) in [6.45, 7) is 0.293. The summed E-state index contributed by atoms with van der Waals surface area (Å²) in [5.74, 6) is -1.39. The van der Waals surface area contributed by atoms with Crippen LogP contribution in [-0.4, -0.2) is 4.98 Å². The number of halogens is 4. The second kappa shape index (κ2) is 6.09. The number of nitrogens with two attached hydrogens (primary N) is 1. The molecule has 0 saturated heterocycles. The van der Waals surface area contributed by atoms with Gasteiger partial charge in [0, 0.05) is 12.7 Å². The zero-order chi connectivity index (χ0) is 15.5. The van der Waals surface area contributed by atoms with E-state index in [1.165, 1.54) is 6.20 Å². The van der Waals surface area contributed by atoms with Crippen molar-refractivity contribution in [3.8, 4) is 5.75 Å². The van der Waals surface area contributed by atoms with Crippen LogP contribution in [0, 0.1) is 5.82 Å². The van der Waals surface area contributed by atoms with Gasteiger partial charge in [-0.25, -0.2) is 4.39 Å². The number of hydrogen-bond donors (Lipinski definition) is 1. The van der Waals surface area contributed by atoms with E-state index in [0.29, 0.717) is 17.3 Å². The first kappa shape index (κ1) is 15.2. The molecule has 0 aliphatic heterocycles. The Hall–Kier alpha value is -2.15. The van der Waals surface area contributed by atoms with Crippen LogP contribution in [0.4, 0.5) is 17.6 Å². The van der Waals surface area contributed by atoms with Crippen LogP contribution in [0.1, 0.15) is 16.8 Å². The Morgan fingerprint density at radius 2 is 1.90 bits per heavy atom. The van der Waals surface area contributed by atoms with Crippen LogP contribution in [0.15, 0.2) is 36.5 Å². The number of ether oxygens (including phenoxy) is 1. The molecule has 2 aromatic rings. The highest BCUT2D eigenvalue weighted by Crippen LogP contribution is 2.33. The SMILES string of the molecule is NCc1cc(COc2ccc(F)c(C(F)(F)F)c2)ccn1. The summed E-state index contributed by atoms with van der Waals surface area (Å²) in [5.41, 5.74) is 5.45. The number of alkyl halides is 3. The third-order valence-electron chi connectivity index (χ3n) is 2.74. The fourth-order valence-corrected chi connectivity index (χ4v) is 1.71. The third-order valence-corrected chi connectivity index (χ3v) is 2.74. The number of rotatable bonds is 4. The van der Waals surface area contributed by atoms with Gasteiger partial charge >= 0.3 is 6.18 Å². The minimum atomic E-state index is -4.76. The number of hydrogen-bond acceptors (Lipinski definition) is 3. The van der Waals surface area contributed by atoms with Gasteiger partial charge in [0.15, 0.2) is 0 Å². The van der Waals surface area contributed by atoms with Crippen LogP contribution < -0.4 is 10.5 Å². The summed E-state index contributed by atoms with van der Waals surface area (Å²) in [5, 5.41) is 0. The van der Waals surface area contributed by atoms with Crippen molar-refractivity contribution in [3.63, 3.8) is 0 Å². The Morgan fingerprint density at radius 3 is 2.57 bits per heavy atom. The molecule has 0 aliphatic carbocycles. The molecule has 7 heteroatoms. The van der Waals surface area contributed by atoms with E-state index in [1.807, 2.05) is 0 Å². The highest BCUT2D eigenvalue weighted by Gasteiger charge is 2.34. The van der Waals surface area contributed by atoms with Gasteiger partial charge in [-0.05, 0) is 35.9 Å². The Morgan fingerprint density at radius 1 is 1.14 bits per heavy atom. The molecule has 21 heavy (non-hydrogen) atoms. The fourth-order valence-electron chi connectivity index (χ4n) is 1.71. The lowest BCUT2D eigenvalue weighted by Gasteiger charge is -2.11. The van der Waals surface area contributed by atoms with Crippen LogP contribution in [0.2, 0.25) is 0 Å². The molecule has 2 N–H and O–H groups in total. The van der Waals surface area contributed by atoms with Crippen molar-refractivity contribution in [1.29, 1.82) is 0 Å². The first-order valence-electron chi connectivity index (χ1n) is 6.03. The van der Waals surface area contributed by atoms with Gasteiger partial charge in [0.2, 0.25) is 0 Å². The van der Waals surface area contributed by atoms with Crippen LogP contribution in [0.5, 0.6) is 5.75 Å². The van der Waals surface area contributed by atoms with Crippen LogP contribution in [0.3, 0.4) is 0 Å². The van der Waals surface area contributed by atoms with E-state index in [2.05, 4.69) is 4.98 Å². The summed E-state index contributed by atoms with van der Waals surface area (Å²) in [6, 6.07) is 5.87. The first-order chi connectivity index (χ1) is 9.90. The average Bonchev–Trinajstić information content (AvgIpc) is 2.45. The molecule has 0 unspecified atom stereocenters. The monoisotopic (exact) mass is 300 g/mol. The van der Waals surface area contributed by atoms with E-state index >= 15 is 0 Å². The summed E-state index contributed by atoms with van der Waals surface area (Å²) in [6.07, 6.45) is -3.22. The maximum absolute atomic E-state index is 13.1. The molecule has 0 amide bonds. The molecule has 0 bridgehead atoms. The van der Waals surface area contributed by atoms with Crippen molar-refractivity contribution in [2.45, 2.75) is 19.3 Å². The molecule has 3 nitrogen and oxygen atoms in total. The first-order valence-corrected chi connectivity index (χ1v) is 6.03. The van der Waals surface area contributed by atoms with Crippen LogP contribution in [-0.2, 0) is 19.3 Å². The van der Waals surface area contributed by atoms with Crippen LogP contribution in [0.25, 0.3) is 0 Å². The second-order valence-electron chi connectivity index (χ2n) is 4.29. The standard InChI is InChI=1S/C14H12F4N2O/c15-13-2-1-11(6-12(13)14(16,17)18)21-8-9-3-4-20-10(5-9)7-19/h1-6H,7-8,19H2. The summed E-state index contributed by atoms with van der Waals surface area (Å²) < 4.78 is 56.1. The van der Waals surface area contributed by atoms with Gasteiger partial charge in [-0.2, -0.15) is 13.2 Å². The number of benzene rings is 1. The zero-order valence-electron chi connectivity index (χ0n) is 10.8. The lowest BCUT2D eigenvalue weighted by atomic mass is 10.2. The molecule has 1 aromatic carbocycles. The molecular formula is C14H12F4N2O. The van der Waals surface area contributed by atoms with Gasteiger partial charge in [0.25, 0.3) is 0 Å². The van der Waals surface area contributed by atoms with Crippen molar-refractivity contribution in [1.82, 2.24) is 4.98 Å². The topological polar surface area (TPSA) is 48.1 Å². The van der Waals surface area contributed by atoms with E-state index in [-0.39, 0.29) is 18.9 Å². The molecule has 0 spiro atoms. The van der Waals surface area contributed by atoms with Crippen molar-refractivity contribution >= 4 is 0 Å². The molecule has 0 aliphatic rings. The molecule has 0 radical (unpaired) electrons. The molecule has 1 aromatic heterocycles. The summed E-state index contributed by atoms with van der Waals surface area (Å²) >= 11 is 0. The molecule has 112 valence electrons. The van der Waals surface area contributed by atoms with Gasteiger partial charge < -0.3 is 10.5 Å². The fraction of sp³-hybridized carbons (Fsp3) is 0.214. The predicted molar refractivity (Wildman–Crippen MR) is 67.9 cm³/mol. The predicted octanol–water partition coefficient (Wildman–Crippen LogP) is 3.28. The molecule has 1 heterocycles. The van der Waals surface area contributed by atoms with Crippen molar-refractivity contribution in [2.24, 2.45) is 5.73 Å². The second-order valence-corrected chi connectivity index (χ2v) is 4.29. The van der Waals surface area contributed by atoms with Gasteiger partial charge in [-0.1, -0.05) is 0 Å². The number of nitrogens with zero attached hydrogens (tertiary/aromatic N) is 1. The van der Waals surface area contributed by atoms with E-state index in [1.54, 1.807) is 12.1 Å². The quantitative estimate of drug-likeness (QED) is 0.882. The van der Waals surface area contributed by atoms with E-state index < -0.39 is 17.6 Å². The highest BCUT2D eigenvalue weighted by atomic mass is 19.4. The maximum atomic E-state index is 13.1. The molecule has 2 rings (SSSR count). The summed E-state index contributed by atoms with van der Waals surface area (Å²) in [4.78, 5) is 3.99. The molecule has 0 saturated carbocycles. The minimum absolute atomic E-state index is 0.0401. The highest BCUT2D eigenvalue weighted by molar-refractivity contribution is 5.32. The Kier molecular flexibility index (Phi) is 4.42. The van der Waals surface area contributed by atoms with E-state index in [0.717, 1.165) is 12.1 Å². The van der Waals surface area contributed by atoms with Crippen LogP contribution >= 0.6 is 0 Å². The lowest BCUT2D eigenvalue weighted by molar-refractivity contribution is -0.140. The lowest BCUT2D eigenvalue weighted by Crippen LogP contribution is -2.08. The van der Waals surface area contributed by atoms with Gasteiger partial charge in [-0.3, -0.25) is 4.98 Å². The average molecular weight is 300 g/mol. The van der Waals surface area contributed by atoms with E-state index in [4.69, 9.17) is 10.5 Å². The van der Waals surface area contributed by atoms with E-state index in [9.17, 15) is 17.6 Å². The normalized spacial score (nSPS) is 11.5. The summed E-state index contributed by atoms with van der Waals surface area (Å²) in [7, 11) is 0. The molecule has 0 atom stereocenters. The number of aromatic nitrogens is 1. The Bertz CT molecular complexity index is 629. The largest absolute Gasteiger partial charge is 0.489 e. The Labute approximate surface area is 118 Å². The Balaban J connectivity index is 2.13. The van der Waals surface area contributed by atoms with Crippen molar-refractivity contribution in [2.75, 3.05) is 0 Å². The minimum Gasteiger partial charge on any atom is -0.489 e. The maximum Gasteiger partial charge on any atom is 0.419 e. The zero-order valence-corrected chi connectivity index (χ0v) is 10.8. The van der Waals surface area contributed by atoms with Gasteiger partial charge in [0.1, 0.15) is 18.2 Å². The smallest absolute Gasteiger partial charge is 0.419 e. The number of pyridine rings is 1. The third kappa shape index (κ3) is 3.91.